The average Bonchev–Trinajstić information content (AvgIpc) is 2.19. The van der Waals surface area contributed by atoms with Crippen LogP contribution in [0, 0.1) is 11.8 Å². The van der Waals surface area contributed by atoms with E-state index in [9.17, 15) is 0 Å². The van der Waals surface area contributed by atoms with E-state index in [1.807, 2.05) is 25.2 Å². The summed E-state index contributed by atoms with van der Waals surface area (Å²) in [6, 6.07) is 8.01. The molecule has 0 spiro atoms. The summed E-state index contributed by atoms with van der Waals surface area (Å²) in [5.41, 5.74) is 1.22. The van der Waals surface area contributed by atoms with Gasteiger partial charge in [-0.25, -0.2) is 0 Å². The summed E-state index contributed by atoms with van der Waals surface area (Å²) in [6.07, 6.45) is 0. The first-order valence-electron chi connectivity index (χ1n) is 4.62. The third-order valence-corrected chi connectivity index (χ3v) is 1.77. The molecule has 0 atom stereocenters. The normalized spacial score (nSPS) is 9.00. The molecule has 1 N–H and O–H groups in total. The second-order valence-electron chi connectivity index (χ2n) is 2.89. The van der Waals surface area contributed by atoms with Crippen LogP contribution in [-0.2, 0) is 6.54 Å². The van der Waals surface area contributed by atoms with E-state index in [1.165, 1.54) is 5.56 Å². The van der Waals surface area contributed by atoms with Crippen LogP contribution in [0.1, 0.15) is 12.5 Å². The lowest BCUT2D eigenvalue weighted by Gasteiger charge is -2.04. The van der Waals surface area contributed by atoms with E-state index in [4.69, 9.17) is 4.74 Å². The summed E-state index contributed by atoms with van der Waals surface area (Å²) in [7, 11) is 1.93. The molecule has 0 aromatic heterocycles. The highest BCUT2D eigenvalue weighted by molar-refractivity contribution is 5.28. The Labute approximate surface area is 85.3 Å². The van der Waals surface area contributed by atoms with Crippen LogP contribution in [0.25, 0.3) is 0 Å². The van der Waals surface area contributed by atoms with E-state index in [-0.39, 0.29) is 0 Å². The van der Waals surface area contributed by atoms with E-state index in [2.05, 4.69) is 23.2 Å². The van der Waals surface area contributed by atoms with Crippen LogP contribution in [0.2, 0.25) is 0 Å². The van der Waals surface area contributed by atoms with Gasteiger partial charge in [-0.2, -0.15) is 0 Å². The molecule has 0 saturated heterocycles. The average molecular weight is 189 g/mol. The van der Waals surface area contributed by atoms with Crippen LogP contribution in [0.15, 0.2) is 24.3 Å². The lowest BCUT2D eigenvalue weighted by molar-refractivity contribution is 0.369. The monoisotopic (exact) mass is 189 g/mol. The summed E-state index contributed by atoms with van der Waals surface area (Å²) >= 11 is 0. The van der Waals surface area contributed by atoms with E-state index in [1.54, 1.807) is 6.92 Å². The molecule has 0 heterocycles. The highest BCUT2D eigenvalue weighted by Crippen LogP contribution is 2.12. The van der Waals surface area contributed by atoms with Crippen molar-refractivity contribution in [2.24, 2.45) is 0 Å². The molecule has 0 saturated carbocycles. The summed E-state index contributed by atoms with van der Waals surface area (Å²) in [5.74, 6) is 6.53. The Morgan fingerprint density at radius 1 is 1.43 bits per heavy atom. The highest BCUT2D eigenvalue weighted by atomic mass is 16.5. The van der Waals surface area contributed by atoms with Crippen molar-refractivity contribution in [3.63, 3.8) is 0 Å². The van der Waals surface area contributed by atoms with Gasteiger partial charge in [0.15, 0.2) is 0 Å². The fourth-order valence-electron chi connectivity index (χ4n) is 1.14. The van der Waals surface area contributed by atoms with Crippen molar-refractivity contribution in [2.75, 3.05) is 13.7 Å². The molecule has 14 heavy (non-hydrogen) atoms. The predicted octanol–water partition coefficient (Wildman–Crippen LogP) is 1.81. The molecule has 2 nitrogen and oxygen atoms in total. The SMILES string of the molecule is CC#CCOc1cccc(CNC)c1. The van der Waals surface area contributed by atoms with Gasteiger partial charge in [0.25, 0.3) is 0 Å². The van der Waals surface area contributed by atoms with Gasteiger partial charge in [0, 0.05) is 6.54 Å². The molecule has 0 aliphatic rings. The minimum atomic E-state index is 0.458. The van der Waals surface area contributed by atoms with Gasteiger partial charge in [-0.1, -0.05) is 18.1 Å². The number of hydrogen-bond acceptors (Lipinski definition) is 2. The molecule has 1 rings (SSSR count). The van der Waals surface area contributed by atoms with Crippen molar-refractivity contribution in [2.45, 2.75) is 13.5 Å². The lowest BCUT2D eigenvalue weighted by Crippen LogP contribution is -2.05. The number of hydrogen-bond donors (Lipinski definition) is 1. The Balaban J connectivity index is 2.57. The van der Waals surface area contributed by atoms with Crippen molar-refractivity contribution in [1.29, 1.82) is 0 Å². The summed E-state index contributed by atoms with van der Waals surface area (Å²) in [5, 5.41) is 3.09. The van der Waals surface area contributed by atoms with Gasteiger partial charge in [0.1, 0.15) is 12.4 Å². The molecule has 0 bridgehead atoms. The van der Waals surface area contributed by atoms with Crippen LogP contribution < -0.4 is 10.1 Å². The van der Waals surface area contributed by atoms with Gasteiger partial charge in [-0.05, 0) is 31.7 Å². The fourth-order valence-corrected chi connectivity index (χ4v) is 1.14. The molecule has 0 aliphatic carbocycles. The Morgan fingerprint density at radius 3 is 3.00 bits per heavy atom. The Kier molecular flexibility index (Phi) is 4.60. The summed E-state index contributed by atoms with van der Waals surface area (Å²) < 4.78 is 5.43. The molecule has 0 fully saturated rings. The minimum absolute atomic E-state index is 0.458. The second kappa shape index (κ2) is 6.06. The molecule has 0 radical (unpaired) electrons. The van der Waals surface area contributed by atoms with Crippen molar-refractivity contribution in [3.8, 4) is 17.6 Å². The molecular formula is C12H15NO. The maximum absolute atomic E-state index is 5.43. The Hall–Kier alpha value is -1.46. The van der Waals surface area contributed by atoms with Crippen molar-refractivity contribution >= 4 is 0 Å². The zero-order valence-electron chi connectivity index (χ0n) is 8.63. The third kappa shape index (κ3) is 3.51. The third-order valence-electron chi connectivity index (χ3n) is 1.77. The molecule has 2 heteroatoms. The minimum Gasteiger partial charge on any atom is -0.481 e. The van der Waals surface area contributed by atoms with Gasteiger partial charge >= 0.3 is 0 Å². The Morgan fingerprint density at radius 2 is 2.29 bits per heavy atom. The molecule has 0 aliphatic heterocycles. The molecular weight excluding hydrogens is 174 g/mol. The van der Waals surface area contributed by atoms with E-state index < -0.39 is 0 Å². The quantitative estimate of drug-likeness (QED) is 0.729. The number of rotatable bonds is 4. The zero-order chi connectivity index (χ0) is 10.2. The van der Waals surface area contributed by atoms with Crippen LogP contribution in [0.4, 0.5) is 0 Å². The number of ether oxygens (including phenoxy) is 1. The topological polar surface area (TPSA) is 21.3 Å². The smallest absolute Gasteiger partial charge is 0.149 e. The lowest BCUT2D eigenvalue weighted by atomic mass is 10.2. The van der Waals surface area contributed by atoms with E-state index in [0.29, 0.717) is 6.61 Å². The largest absolute Gasteiger partial charge is 0.481 e. The maximum Gasteiger partial charge on any atom is 0.149 e. The maximum atomic E-state index is 5.43. The molecule has 0 unspecified atom stereocenters. The van der Waals surface area contributed by atoms with E-state index in [0.717, 1.165) is 12.3 Å². The standard InChI is InChI=1S/C12H15NO/c1-3-4-8-14-12-7-5-6-11(9-12)10-13-2/h5-7,9,13H,8,10H2,1-2H3. The molecule has 1 aromatic rings. The van der Waals surface area contributed by atoms with E-state index >= 15 is 0 Å². The fraction of sp³-hybridized carbons (Fsp3) is 0.333. The molecule has 1 aromatic carbocycles. The molecule has 0 amide bonds. The predicted molar refractivity (Wildman–Crippen MR) is 58.2 cm³/mol. The first-order valence-corrected chi connectivity index (χ1v) is 4.62. The van der Waals surface area contributed by atoms with Crippen LogP contribution in [-0.4, -0.2) is 13.7 Å². The van der Waals surface area contributed by atoms with Gasteiger partial charge in [0.2, 0.25) is 0 Å². The molecule has 74 valence electrons. The highest BCUT2D eigenvalue weighted by Gasteiger charge is 1.94. The summed E-state index contributed by atoms with van der Waals surface area (Å²) in [6.45, 7) is 3.12. The van der Waals surface area contributed by atoms with Gasteiger partial charge in [0.05, 0.1) is 0 Å². The Bertz CT molecular complexity index is 336. The van der Waals surface area contributed by atoms with Crippen LogP contribution in [0.3, 0.4) is 0 Å². The van der Waals surface area contributed by atoms with Crippen LogP contribution >= 0.6 is 0 Å². The van der Waals surface area contributed by atoms with Crippen molar-refractivity contribution < 1.29 is 4.74 Å². The number of benzene rings is 1. The number of nitrogens with one attached hydrogen (secondary N) is 1. The second-order valence-corrected chi connectivity index (χ2v) is 2.89. The van der Waals surface area contributed by atoms with Crippen molar-refractivity contribution in [3.05, 3.63) is 29.8 Å². The van der Waals surface area contributed by atoms with Gasteiger partial charge < -0.3 is 10.1 Å². The summed E-state index contributed by atoms with van der Waals surface area (Å²) in [4.78, 5) is 0. The van der Waals surface area contributed by atoms with Crippen molar-refractivity contribution in [1.82, 2.24) is 5.32 Å². The van der Waals surface area contributed by atoms with Crippen LogP contribution in [0.5, 0.6) is 5.75 Å². The first kappa shape index (κ1) is 10.6. The van der Waals surface area contributed by atoms with Gasteiger partial charge in [-0.3, -0.25) is 0 Å². The van der Waals surface area contributed by atoms with Gasteiger partial charge in [-0.15, -0.1) is 5.92 Å². The first-order chi connectivity index (χ1) is 6.86. The zero-order valence-corrected chi connectivity index (χ0v) is 8.63.